The molecule has 1 aliphatic carbocycles. The molecule has 0 atom stereocenters. The number of nitrogens with two attached hydrogens (primary N) is 1. The van der Waals surface area contributed by atoms with Gasteiger partial charge in [0.2, 0.25) is 0 Å². The second-order valence-electron chi connectivity index (χ2n) is 6.62. The van der Waals surface area contributed by atoms with E-state index in [1.165, 1.54) is 30.0 Å². The second kappa shape index (κ2) is 8.82. The Hall–Kier alpha value is -2.31. The van der Waals surface area contributed by atoms with Crippen LogP contribution in [0.5, 0.6) is 0 Å². The summed E-state index contributed by atoms with van der Waals surface area (Å²) in [5.41, 5.74) is 6.81. The smallest absolute Gasteiger partial charge is 0.253 e. The highest BCUT2D eigenvalue weighted by atomic mass is 79.9. The summed E-state index contributed by atoms with van der Waals surface area (Å²) in [6.07, 6.45) is 2.04. The van der Waals surface area contributed by atoms with Gasteiger partial charge < -0.3 is 16.4 Å². The maximum absolute atomic E-state index is 13.4. The summed E-state index contributed by atoms with van der Waals surface area (Å²) < 4.78 is 22.1. The zero-order chi connectivity index (χ0) is 21.3. The van der Waals surface area contributed by atoms with Gasteiger partial charge in [-0.3, -0.25) is 9.59 Å². The van der Waals surface area contributed by atoms with Crippen LogP contribution in [0.25, 0.3) is 0 Å². The van der Waals surface area contributed by atoms with E-state index in [0.717, 1.165) is 24.6 Å². The van der Waals surface area contributed by atoms with Crippen LogP contribution in [-0.4, -0.2) is 32.9 Å². The van der Waals surface area contributed by atoms with Gasteiger partial charge in [-0.05, 0) is 47.0 Å². The molecular formula is C18H16BrFN6O2S2. The molecule has 30 heavy (non-hydrogen) atoms. The van der Waals surface area contributed by atoms with Gasteiger partial charge in [0.1, 0.15) is 22.2 Å². The summed E-state index contributed by atoms with van der Waals surface area (Å²) in [6, 6.07) is 4.64. The first kappa shape index (κ1) is 20.9. The Morgan fingerprint density at radius 3 is 2.80 bits per heavy atom. The van der Waals surface area contributed by atoms with E-state index in [1.54, 1.807) is 0 Å². The number of anilines is 2. The molecule has 1 fully saturated rings. The number of hydrogen-bond donors (Lipinski definition) is 3. The molecule has 1 saturated carbocycles. The third-order valence-electron chi connectivity index (χ3n) is 4.33. The van der Waals surface area contributed by atoms with Crippen LogP contribution in [0.2, 0.25) is 0 Å². The Bertz CT molecular complexity index is 1190. The minimum atomic E-state index is -0.485. The van der Waals surface area contributed by atoms with Crippen LogP contribution >= 0.6 is 39.4 Å². The van der Waals surface area contributed by atoms with Crippen molar-refractivity contribution in [2.24, 2.45) is 10.7 Å². The van der Waals surface area contributed by atoms with Gasteiger partial charge in [0.05, 0.1) is 21.9 Å². The Morgan fingerprint density at radius 1 is 1.30 bits per heavy atom. The molecule has 3 aromatic rings. The van der Waals surface area contributed by atoms with Crippen molar-refractivity contribution in [3.8, 4) is 0 Å². The van der Waals surface area contributed by atoms with E-state index < -0.39 is 10.9 Å². The highest BCUT2D eigenvalue weighted by Gasteiger charge is 2.28. The van der Waals surface area contributed by atoms with Gasteiger partial charge in [-0.15, -0.1) is 11.8 Å². The lowest BCUT2D eigenvalue weighted by atomic mass is 10.2. The van der Waals surface area contributed by atoms with Crippen LogP contribution in [0.4, 0.5) is 21.5 Å². The molecule has 0 radical (unpaired) electrons. The Kier molecular flexibility index (Phi) is 6.16. The molecule has 156 valence electrons. The zero-order valence-electron chi connectivity index (χ0n) is 15.4. The fourth-order valence-corrected chi connectivity index (χ4v) is 4.51. The summed E-state index contributed by atoms with van der Waals surface area (Å²) >= 11 is 5.54. The van der Waals surface area contributed by atoms with E-state index in [2.05, 4.69) is 40.3 Å². The number of hydrogen-bond acceptors (Lipinski definition) is 9. The minimum Gasteiger partial charge on any atom is -0.382 e. The number of thioether (sulfide) groups is 1. The molecule has 0 aliphatic heterocycles. The quantitative estimate of drug-likeness (QED) is 0.132. The standard InChI is InChI=1S/C18H16BrFN6O2S2/c19-10-7-9(3-4-11(10)20)24-17(21)14-18(26-30-25-14)29-6-5-22-12-13(16(28)15(12)27)23-8-1-2-8/h3-4,7-8,22-23H,1-2,5-6H2,(H2,21,24). The van der Waals surface area contributed by atoms with Gasteiger partial charge in [0.25, 0.3) is 10.9 Å². The van der Waals surface area contributed by atoms with Crippen molar-refractivity contribution in [2.45, 2.75) is 23.9 Å². The summed E-state index contributed by atoms with van der Waals surface area (Å²) in [7, 11) is 0. The first-order chi connectivity index (χ1) is 14.4. The molecule has 0 amide bonds. The number of benzene rings is 1. The number of aliphatic imine (C=N–C) groups is 1. The van der Waals surface area contributed by atoms with E-state index in [9.17, 15) is 14.0 Å². The molecule has 0 saturated heterocycles. The predicted octanol–water partition coefficient (Wildman–Crippen LogP) is 2.85. The molecule has 0 bridgehead atoms. The van der Waals surface area contributed by atoms with Gasteiger partial charge in [-0.2, -0.15) is 8.75 Å². The maximum atomic E-state index is 13.4. The van der Waals surface area contributed by atoms with Gasteiger partial charge >= 0.3 is 0 Å². The largest absolute Gasteiger partial charge is 0.382 e. The molecule has 12 heteroatoms. The molecule has 8 nitrogen and oxygen atoms in total. The van der Waals surface area contributed by atoms with E-state index >= 15 is 0 Å². The van der Waals surface area contributed by atoms with Crippen molar-refractivity contribution in [3.63, 3.8) is 0 Å². The fraction of sp³-hybridized carbons (Fsp3) is 0.278. The molecular weight excluding hydrogens is 495 g/mol. The first-order valence-corrected chi connectivity index (χ1v) is 11.5. The summed E-state index contributed by atoms with van der Waals surface area (Å²) in [5.74, 6) is 0.370. The highest BCUT2D eigenvalue weighted by molar-refractivity contribution is 9.10. The minimum absolute atomic E-state index is 0.177. The zero-order valence-corrected chi connectivity index (χ0v) is 18.7. The molecule has 0 unspecified atom stereocenters. The second-order valence-corrected chi connectivity index (χ2v) is 9.08. The molecule has 4 rings (SSSR count). The number of amidine groups is 1. The normalized spacial score (nSPS) is 14.3. The number of nitrogens with zero attached hydrogens (tertiary/aromatic N) is 3. The Balaban J connectivity index is 1.36. The SMILES string of the molecule is NC(=Nc1ccc(F)c(Br)c1)c1nsnc1SCCNc1c(NC2CC2)c(=O)c1=O. The van der Waals surface area contributed by atoms with Crippen molar-refractivity contribution < 1.29 is 4.39 Å². The lowest BCUT2D eigenvalue weighted by Gasteiger charge is -2.14. The van der Waals surface area contributed by atoms with Crippen molar-refractivity contribution in [1.82, 2.24) is 8.75 Å². The average Bonchev–Trinajstić information content (AvgIpc) is 3.43. The number of rotatable bonds is 9. The van der Waals surface area contributed by atoms with E-state index in [0.29, 0.717) is 50.6 Å². The van der Waals surface area contributed by atoms with Crippen molar-refractivity contribution >= 4 is 62.3 Å². The lowest BCUT2D eigenvalue weighted by Crippen LogP contribution is -2.38. The van der Waals surface area contributed by atoms with Crippen molar-refractivity contribution in [2.75, 3.05) is 22.9 Å². The molecule has 0 spiro atoms. The summed E-state index contributed by atoms with van der Waals surface area (Å²) in [6.45, 7) is 0.466. The first-order valence-electron chi connectivity index (χ1n) is 9.02. The number of aromatic nitrogens is 2. The summed E-state index contributed by atoms with van der Waals surface area (Å²) in [4.78, 5) is 27.7. The van der Waals surface area contributed by atoms with Gasteiger partial charge in [0.15, 0.2) is 11.5 Å². The monoisotopic (exact) mass is 510 g/mol. The Labute approximate surface area is 187 Å². The predicted molar refractivity (Wildman–Crippen MR) is 122 cm³/mol. The molecule has 1 aliphatic rings. The summed E-state index contributed by atoms with van der Waals surface area (Å²) in [5, 5.41) is 6.73. The number of halogens is 2. The van der Waals surface area contributed by atoms with Crippen LogP contribution in [0.1, 0.15) is 18.5 Å². The number of nitrogens with one attached hydrogen (secondary N) is 2. The third kappa shape index (κ3) is 4.55. The van der Waals surface area contributed by atoms with Gasteiger partial charge in [-0.25, -0.2) is 9.38 Å². The molecule has 1 heterocycles. The van der Waals surface area contributed by atoms with Crippen LogP contribution < -0.4 is 27.2 Å². The van der Waals surface area contributed by atoms with Crippen LogP contribution in [-0.2, 0) is 0 Å². The topological polar surface area (TPSA) is 122 Å². The molecule has 4 N–H and O–H groups in total. The van der Waals surface area contributed by atoms with Crippen LogP contribution in [0.15, 0.2) is 42.3 Å². The van der Waals surface area contributed by atoms with Gasteiger partial charge in [0, 0.05) is 18.3 Å². The molecule has 2 aromatic carbocycles. The van der Waals surface area contributed by atoms with E-state index in [1.807, 2.05) is 0 Å². The van der Waals surface area contributed by atoms with E-state index in [4.69, 9.17) is 5.73 Å². The molecule has 1 aromatic heterocycles. The Morgan fingerprint density at radius 2 is 2.07 bits per heavy atom. The van der Waals surface area contributed by atoms with Crippen molar-refractivity contribution in [1.29, 1.82) is 0 Å². The van der Waals surface area contributed by atoms with Crippen LogP contribution in [0.3, 0.4) is 0 Å². The van der Waals surface area contributed by atoms with Crippen LogP contribution in [0, 0.1) is 5.82 Å². The fourth-order valence-electron chi connectivity index (χ4n) is 2.63. The van der Waals surface area contributed by atoms with E-state index in [-0.39, 0.29) is 11.7 Å². The van der Waals surface area contributed by atoms with Crippen molar-refractivity contribution in [3.05, 3.63) is 54.6 Å². The van der Waals surface area contributed by atoms with Gasteiger partial charge in [-0.1, -0.05) is 0 Å². The highest BCUT2D eigenvalue weighted by Crippen LogP contribution is 2.27. The maximum Gasteiger partial charge on any atom is 0.253 e. The third-order valence-corrected chi connectivity index (χ3v) is 6.55. The lowest BCUT2D eigenvalue weighted by molar-refractivity contribution is 0.621. The average molecular weight is 511 g/mol.